The average molecular weight is 263 g/mol. The first-order chi connectivity index (χ1) is 7.64. The fourth-order valence-electron chi connectivity index (χ4n) is 1.75. The smallest absolute Gasteiger partial charge is 0.241 e. The van der Waals surface area contributed by atoms with Gasteiger partial charge in [-0.2, -0.15) is 0 Å². The van der Waals surface area contributed by atoms with Crippen molar-refractivity contribution in [2.75, 3.05) is 6.26 Å². The van der Waals surface area contributed by atoms with Gasteiger partial charge < -0.3 is 10.4 Å². The number of hydrogen-bond acceptors (Lipinski definition) is 4. The number of hydrogen-bond donors (Lipinski definition) is 2. The molecule has 0 radical (unpaired) electrons. The molecule has 6 heteroatoms. The maximum absolute atomic E-state index is 11.9. The summed E-state index contributed by atoms with van der Waals surface area (Å²) < 4.78 is 21.6. The molecule has 0 aromatic carbocycles. The summed E-state index contributed by atoms with van der Waals surface area (Å²) in [6, 6.07) is -0.0214. The molecule has 1 fully saturated rings. The summed E-state index contributed by atoms with van der Waals surface area (Å²) >= 11 is 0. The van der Waals surface area contributed by atoms with Gasteiger partial charge >= 0.3 is 0 Å². The average Bonchev–Trinajstić information content (AvgIpc) is 2.19. The van der Waals surface area contributed by atoms with E-state index in [1.807, 2.05) is 0 Å². The van der Waals surface area contributed by atoms with Crippen LogP contribution >= 0.6 is 0 Å². The zero-order valence-corrected chi connectivity index (χ0v) is 11.4. The molecule has 0 aromatic heterocycles. The number of sulfone groups is 1. The molecule has 0 aromatic rings. The molecule has 2 N–H and O–H groups in total. The number of carbonyl (C=O) groups excluding carboxylic acids is 1. The second kappa shape index (κ2) is 4.94. The van der Waals surface area contributed by atoms with Gasteiger partial charge in [0.05, 0.1) is 6.10 Å². The molecule has 1 amide bonds. The van der Waals surface area contributed by atoms with Crippen molar-refractivity contribution >= 4 is 15.7 Å². The third-order valence-corrected chi connectivity index (χ3v) is 5.55. The van der Waals surface area contributed by atoms with E-state index >= 15 is 0 Å². The Kier molecular flexibility index (Phi) is 4.19. The van der Waals surface area contributed by atoms with Gasteiger partial charge in [0.25, 0.3) is 0 Å². The standard InChI is InChI=1S/C11H21NO4S/c1-11(2,17(3,15)16)10(14)12-8-4-6-9(13)7-5-8/h8-9,13H,4-7H2,1-3H3,(H,12,14). The van der Waals surface area contributed by atoms with E-state index in [0.29, 0.717) is 25.7 Å². The first kappa shape index (κ1) is 14.4. The first-order valence-electron chi connectivity index (χ1n) is 5.83. The third kappa shape index (κ3) is 3.42. The van der Waals surface area contributed by atoms with Crippen molar-refractivity contribution < 1.29 is 18.3 Å². The Morgan fingerprint density at radius 3 is 2.12 bits per heavy atom. The lowest BCUT2D eigenvalue weighted by Gasteiger charge is -2.29. The van der Waals surface area contributed by atoms with E-state index in [0.717, 1.165) is 6.26 Å². The molecule has 0 bridgehead atoms. The molecule has 1 rings (SSSR count). The maximum Gasteiger partial charge on any atom is 0.241 e. The van der Waals surface area contributed by atoms with E-state index in [-0.39, 0.29) is 12.1 Å². The normalized spacial score (nSPS) is 26.6. The molecule has 1 aliphatic rings. The Morgan fingerprint density at radius 1 is 1.24 bits per heavy atom. The van der Waals surface area contributed by atoms with Crippen LogP contribution in [0.3, 0.4) is 0 Å². The number of nitrogens with one attached hydrogen (secondary N) is 1. The van der Waals surface area contributed by atoms with Gasteiger partial charge in [0.1, 0.15) is 4.75 Å². The van der Waals surface area contributed by atoms with Crippen molar-refractivity contribution in [2.24, 2.45) is 0 Å². The van der Waals surface area contributed by atoms with Gasteiger partial charge in [-0.3, -0.25) is 4.79 Å². The molecule has 100 valence electrons. The quantitative estimate of drug-likeness (QED) is 0.763. The predicted octanol–water partition coefficient (Wildman–Crippen LogP) is 0.229. The molecular formula is C11H21NO4S. The predicted molar refractivity (Wildman–Crippen MR) is 65.3 cm³/mol. The highest BCUT2D eigenvalue weighted by atomic mass is 32.2. The summed E-state index contributed by atoms with van der Waals surface area (Å²) in [4.78, 5) is 11.9. The van der Waals surface area contributed by atoms with Crippen molar-refractivity contribution in [1.29, 1.82) is 0 Å². The zero-order valence-electron chi connectivity index (χ0n) is 10.6. The highest BCUT2D eigenvalue weighted by molar-refractivity contribution is 7.92. The largest absolute Gasteiger partial charge is 0.393 e. The molecular weight excluding hydrogens is 242 g/mol. The van der Waals surface area contributed by atoms with Crippen LogP contribution in [0.2, 0.25) is 0 Å². The van der Waals surface area contributed by atoms with E-state index in [2.05, 4.69) is 5.32 Å². The van der Waals surface area contributed by atoms with Crippen LogP contribution in [0.4, 0.5) is 0 Å². The van der Waals surface area contributed by atoms with Crippen molar-refractivity contribution in [1.82, 2.24) is 5.32 Å². The summed E-state index contributed by atoms with van der Waals surface area (Å²) in [5.74, 6) is -0.457. The molecule has 0 unspecified atom stereocenters. The van der Waals surface area contributed by atoms with E-state index in [4.69, 9.17) is 0 Å². The van der Waals surface area contributed by atoms with E-state index in [9.17, 15) is 18.3 Å². The van der Waals surface area contributed by atoms with Gasteiger partial charge in [-0.05, 0) is 39.5 Å². The maximum atomic E-state index is 11.9. The van der Waals surface area contributed by atoms with Crippen molar-refractivity contribution in [3.05, 3.63) is 0 Å². The van der Waals surface area contributed by atoms with E-state index < -0.39 is 20.5 Å². The molecule has 17 heavy (non-hydrogen) atoms. The number of amides is 1. The second-order valence-corrected chi connectivity index (χ2v) is 7.83. The van der Waals surface area contributed by atoms with Crippen LogP contribution in [0.5, 0.6) is 0 Å². The van der Waals surface area contributed by atoms with Crippen LogP contribution < -0.4 is 5.32 Å². The van der Waals surface area contributed by atoms with Crippen LogP contribution in [-0.4, -0.2) is 42.6 Å². The van der Waals surface area contributed by atoms with Crippen molar-refractivity contribution in [3.63, 3.8) is 0 Å². The van der Waals surface area contributed by atoms with Crippen molar-refractivity contribution in [3.8, 4) is 0 Å². The molecule has 0 heterocycles. The Bertz CT molecular complexity index is 380. The fraction of sp³-hybridized carbons (Fsp3) is 0.909. The van der Waals surface area contributed by atoms with Crippen LogP contribution in [0.25, 0.3) is 0 Å². The van der Waals surface area contributed by atoms with Crippen molar-refractivity contribution in [2.45, 2.75) is 56.4 Å². The molecule has 0 spiro atoms. The molecule has 0 saturated heterocycles. The molecule has 1 aliphatic carbocycles. The van der Waals surface area contributed by atoms with E-state index in [1.165, 1.54) is 13.8 Å². The number of aliphatic hydroxyl groups is 1. The number of aliphatic hydroxyl groups excluding tert-OH is 1. The minimum absolute atomic E-state index is 0.0214. The molecule has 1 saturated carbocycles. The zero-order chi connectivity index (χ0) is 13.3. The number of rotatable bonds is 3. The Labute approximate surface area is 103 Å². The van der Waals surface area contributed by atoms with Gasteiger partial charge in [0, 0.05) is 12.3 Å². The Balaban J connectivity index is 2.61. The lowest BCUT2D eigenvalue weighted by Crippen LogP contribution is -2.51. The van der Waals surface area contributed by atoms with Gasteiger partial charge in [-0.25, -0.2) is 8.42 Å². The van der Waals surface area contributed by atoms with Gasteiger partial charge in [-0.15, -0.1) is 0 Å². The summed E-state index contributed by atoms with van der Waals surface area (Å²) in [6.45, 7) is 2.82. The van der Waals surface area contributed by atoms with Crippen LogP contribution in [0, 0.1) is 0 Å². The fourth-order valence-corrected chi connectivity index (χ4v) is 2.14. The molecule has 0 aliphatic heterocycles. The summed E-state index contributed by atoms with van der Waals surface area (Å²) in [5, 5.41) is 12.1. The van der Waals surface area contributed by atoms with Gasteiger partial charge in [-0.1, -0.05) is 0 Å². The van der Waals surface area contributed by atoms with Crippen LogP contribution in [-0.2, 0) is 14.6 Å². The SMILES string of the molecule is CC(C)(C(=O)NC1CCC(O)CC1)S(C)(=O)=O. The van der Waals surface area contributed by atoms with Crippen LogP contribution in [0.1, 0.15) is 39.5 Å². The summed E-state index contributed by atoms with van der Waals surface area (Å²) in [5.41, 5.74) is 0. The third-order valence-electron chi connectivity index (χ3n) is 3.51. The topological polar surface area (TPSA) is 83.5 Å². The number of carbonyl (C=O) groups is 1. The van der Waals surface area contributed by atoms with Gasteiger partial charge in [0.2, 0.25) is 5.91 Å². The lowest BCUT2D eigenvalue weighted by atomic mass is 9.93. The Morgan fingerprint density at radius 2 is 1.71 bits per heavy atom. The molecule has 0 atom stereocenters. The minimum Gasteiger partial charge on any atom is -0.393 e. The minimum atomic E-state index is -3.42. The highest BCUT2D eigenvalue weighted by Crippen LogP contribution is 2.21. The molecule has 5 nitrogen and oxygen atoms in total. The highest BCUT2D eigenvalue weighted by Gasteiger charge is 2.39. The first-order valence-corrected chi connectivity index (χ1v) is 7.72. The lowest BCUT2D eigenvalue weighted by molar-refractivity contribution is -0.123. The van der Waals surface area contributed by atoms with Gasteiger partial charge in [0.15, 0.2) is 9.84 Å². The van der Waals surface area contributed by atoms with Crippen LogP contribution in [0.15, 0.2) is 0 Å². The van der Waals surface area contributed by atoms with E-state index in [1.54, 1.807) is 0 Å². The Hall–Kier alpha value is -0.620. The monoisotopic (exact) mass is 263 g/mol. The summed E-state index contributed by atoms with van der Waals surface area (Å²) in [6.07, 6.45) is 3.50. The summed E-state index contributed by atoms with van der Waals surface area (Å²) in [7, 11) is -3.42. The second-order valence-electron chi connectivity index (χ2n) is 5.26.